The molecule has 0 aliphatic heterocycles. The van der Waals surface area contributed by atoms with E-state index >= 15 is 0 Å². The highest BCUT2D eigenvalue weighted by atomic mass is 16.2. The Morgan fingerprint density at radius 3 is 1.46 bits per heavy atom. The average Bonchev–Trinajstić information content (AvgIpc) is 2.66. The number of nitrogens with one attached hydrogen (secondary N) is 4. The Morgan fingerprint density at radius 2 is 1.08 bits per heavy atom. The lowest BCUT2D eigenvalue weighted by molar-refractivity contribution is -0.139. The van der Waals surface area contributed by atoms with E-state index < -0.39 is 23.6 Å². The van der Waals surface area contributed by atoms with Crippen LogP contribution in [0.25, 0.3) is 0 Å². The summed E-state index contributed by atoms with van der Waals surface area (Å²) in [5.74, 6) is -2.70. The van der Waals surface area contributed by atoms with Crippen LogP contribution in [0.2, 0.25) is 0 Å². The molecule has 0 atom stereocenters. The average molecular weight is 362 g/mol. The highest BCUT2D eigenvalue weighted by Gasteiger charge is 2.13. The minimum absolute atomic E-state index is 0.192. The van der Waals surface area contributed by atoms with Gasteiger partial charge < -0.3 is 21.3 Å². The van der Waals surface area contributed by atoms with Crippen molar-refractivity contribution in [1.29, 1.82) is 0 Å². The van der Waals surface area contributed by atoms with Crippen LogP contribution in [0.5, 0.6) is 0 Å². The fraction of sp³-hybridized carbons (Fsp3) is 0.444. The molecular formula is C18H26N4O4. The van der Waals surface area contributed by atoms with Gasteiger partial charge in [0.15, 0.2) is 0 Å². The molecule has 0 radical (unpaired) electrons. The van der Waals surface area contributed by atoms with Crippen molar-refractivity contribution in [3.8, 4) is 0 Å². The van der Waals surface area contributed by atoms with Crippen molar-refractivity contribution >= 4 is 23.6 Å². The molecule has 0 fully saturated rings. The number of carbonyl (C=O) groups excluding carboxylic acids is 4. The van der Waals surface area contributed by atoms with E-state index in [4.69, 9.17) is 0 Å². The standard InChI is InChI=1S/C18H26N4O4/c1-3-8-19-15(23)17(25)21-11-13-6-5-7-14(10-13)12-22-18(26)16(24)20-9-4-2/h5-7,10H,3-4,8-9,11-12H2,1-2H3,(H,19,23)(H,20,24)(H,21,25)(H,22,26). The zero-order valence-corrected chi connectivity index (χ0v) is 15.2. The maximum Gasteiger partial charge on any atom is 0.309 e. The maximum atomic E-state index is 11.7. The van der Waals surface area contributed by atoms with E-state index in [9.17, 15) is 19.2 Å². The van der Waals surface area contributed by atoms with E-state index in [0.717, 1.165) is 24.0 Å². The summed E-state index contributed by atoms with van der Waals surface area (Å²) >= 11 is 0. The van der Waals surface area contributed by atoms with Crippen LogP contribution in [-0.2, 0) is 32.3 Å². The summed E-state index contributed by atoms with van der Waals surface area (Å²) in [4.78, 5) is 46.3. The van der Waals surface area contributed by atoms with E-state index in [2.05, 4.69) is 21.3 Å². The number of rotatable bonds is 8. The van der Waals surface area contributed by atoms with Crippen molar-refractivity contribution < 1.29 is 19.2 Å². The molecule has 26 heavy (non-hydrogen) atoms. The van der Waals surface area contributed by atoms with Crippen molar-refractivity contribution in [2.45, 2.75) is 39.8 Å². The first-order valence-corrected chi connectivity index (χ1v) is 8.67. The van der Waals surface area contributed by atoms with Gasteiger partial charge in [0.25, 0.3) is 0 Å². The van der Waals surface area contributed by atoms with Crippen LogP contribution in [0, 0.1) is 0 Å². The Kier molecular flexibility index (Phi) is 9.45. The summed E-state index contributed by atoms with van der Waals surface area (Å²) in [7, 11) is 0. The molecule has 1 aromatic rings. The number of amides is 4. The molecule has 0 spiro atoms. The van der Waals surface area contributed by atoms with Crippen LogP contribution in [0.1, 0.15) is 37.8 Å². The normalized spacial score (nSPS) is 9.92. The van der Waals surface area contributed by atoms with Crippen LogP contribution in [0.3, 0.4) is 0 Å². The number of benzene rings is 1. The molecule has 0 heterocycles. The highest BCUT2D eigenvalue weighted by molar-refractivity contribution is 6.35. The molecule has 0 bridgehead atoms. The highest BCUT2D eigenvalue weighted by Crippen LogP contribution is 2.05. The van der Waals surface area contributed by atoms with Crippen LogP contribution >= 0.6 is 0 Å². The topological polar surface area (TPSA) is 116 Å². The lowest BCUT2D eigenvalue weighted by atomic mass is 10.1. The first-order chi connectivity index (χ1) is 12.5. The molecular weight excluding hydrogens is 336 g/mol. The molecule has 8 heteroatoms. The maximum absolute atomic E-state index is 11.7. The molecule has 0 saturated heterocycles. The van der Waals surface area contributed by atoms with E-state index in [1.54, 1.807) is 24.3 Å². The fourth-order valence-corrected chi connectivity index (χ4v) is 2.01. The zero-order valence-electron chi connectivity index (χ0n) is 15.2. The molecule has 8 nitrogen and oxygen atoms in total. The number of hydrogen-bond acceptors (Lipinski definition) is 4. The summed E-state index contributed by atoms with van der Waals surface area (Å²) in [6.45, 7) is 5.08. The monoisotopic (exact) mass is 362 g/mol. The quantitative estimate of drug-likeness (QED) is 0.486. The van der Waals surface area contributed by atoms with Gasteiger partial charge in [-0.3, -0.25) is 19.2 Å². The van der Waals surface area contributed by atoms with Crippen molar-refractivity contribution in [3.63, 3.8) is 0 Å². The first-order valence-electron chi connectivity index (χ1n) is 8.67. The van der Waals surface area contributed by atoms with E-state index in [1.807, 2.05) is 13.8 Å². The van der Waals surface area contributed by atoms with Gasteiger partial charge in [0.05, 0.1) is 0 Å². The van der Waals surface area contributed by atoms with Gasteiger partial charge in [-0.05, 0) is 24.0 Å². The summed E-state index contributed by atoms with van der Waals surface area (Å²) < 4.78 is 0. The third-order valence-corrected chi connectivity index (χ3v) is 3.38. The first kappa shape index (κ1) is 21.1. The molecule has 0 saturated carbocycles. The number of carbonyl (C=O) groups is 4. The molecule has 4 amide bonds. The Hall–Kier alpha value is -2.90. The van der Waals surface area contributed by atoms with Gasteiger partial charge in [-0.1, -0.05) is 38.1 Å². The van der Waals surface area contributed by atoms with Crippen molar-refractivity contribution in [2.75, 3.05) is 13.1 Å². The van der Waals surface area contributed by atoms with Crippen LogP contribution in [0.4, 0.5) is 0 Å². The van der Waals surface area contributed by atoms with Crippen LogP contribution in [0.15, 0.2) is 24.3 Å². The van der Waals surface area contributed by atoms with Crippen molar-refractivity contribution in [1.82, 2.24) is 21.3 Å². The Morgan fingerprint density at radius 1 is 0.692 bits per heavy atom. The van der Waals surface area contributed by atoms with E-state index in [0.29, 0.717) is 13.1 Å². The second-order valence-corrected chi connectivity index (χ2v) is 5.70. The molecule has 142 valence electrons. The zero-order chi connectivity index (χ0) is 19.4. The van der Waals surface area contributed by atoms with Gasteiger partial charge in [0, 0.05) is 26.2 Å². The molecule has 4 N–H and O–H groups in total. The SMILES string of the molecule is CCCNC(=O)C(=O)NCc1cccc(CNC(=O)C(=O)NCCC)c1. The summed E-state index contributed by atoms with van der Waals surface area (Å²) in [5.41, 5.74) is 1.56. The third kappa shape index (κ3) is 7.78. The van der Waals surface area contributed by atoms with Gasteiger partial charge >= 0.3 is 23.6 Å². The minimum Gasteiger partial charge on any atom is -0.348 e. The Bertz CT molecular complexity index is 595. The largest absolute Gasteiger partial charge is 0.348 e. The predicted octanol–water partition coefficient (Wildman–Crippen LogP) is -0.0286. The second kappa shape index (κ2) is 11.6. The molecule has 0 unspecified atom stereocenters. The molecule has 0 aliphatic rings. The summed E-state index contributed by atoms with van der Waals surface area (Å²) in [5, 5.41) is 10.1. The smallest absolute Gasteiger partial charge is 0.309 e. The summed E-state index contributed by atoms with van der Waals surface area (Å²) in [6, 6.07) is 7.15. The molecule has 0 aromatic heterocycles. The molecule has 1 aromatic carbocycles. The lowest BCUT2D eigenvalue weighted by Crippen LogP contribution is -2.40. The predicted molar refractivity (Wildman–Crippen MR) is 96.7 cm³/mol. The van der Waals surface area contributed by atoms with Gasteiger partial charge in [0.2, 0.25) is 0 Å². The van der Waals surface area contributed by atoms with Gasteiger partial charge in [-0.25, -0.2) is 0 Å². The van der Waals surface area contributed by atoms with E-state index in [1.165, 1.54) is 0 Å². The fourth-order valence-electron chi connectivity index (χ4n) is 2.01. The van der Waals surface area contributed by atoms with Crippen LogP contribution < -0.4 is 21.3 Å². The summed E-state index contributed by atoms with van der Waals surface area (Å²) in [6.07, 6.45) is 1.51. The van der Waals surface area contributed by atoms with Crippen molar-refractivity contribution in [3.05, 3.63) is 35.4 Å². The minimum atomic E-state index is -0.690. The van der Waals surface area contributed by atoms with Crippen molar-refractivity contribution in [2.24, 2.45) is 0 Å². The number of hydrogen-bond donors (Lipinski definition) is 4. The van der Waals surface area contributed by atoms with Gasteiger partial charge in [-0.15, -0.1) is 0 Å². The lowest BCUT2D eigenvalue weighted by Gasteiger charge is -2.09. The van der Waals surface area contributed by atoms with Gasteiger partial charge in [-0.2, -0.15) is 0 Å². The Labute approximate surface area is 153 Å². The third-order valence-electron chi connectivity index (χ3n) is 3.38. The molecule has 1 rings (SSSR count). The Balaban J connectivity index is 2.47. The van der Waals surface area contributed by atoms with Crippen LogP contribution in [-0.4, -0.2) is 36.7 Å². The molecule has 0 aliphatic carbocycles. The van der Waals surface area contributed by atoms with E-state index in [-0.39, 0.29) is 13.1 Å². The van der Waals surface area contributed by atoms with Gasteiger partial charge in [0.1, 0.15) is 0 Å². The second-order valence-electron chi connectivity index (χ2n) is 5.70.